The molecule has 0 aliphatic rings. The van der Waals surface area contributed by atoms with Crippen LogP contribution in [0.4, 0.5) is 4.39 Å². The molecule has 0 aromatic heterocycles. The Hall–Kier alpha value is -1.47. The summed E-state index contributed by atoms with van der Waals surface area (Å²) in [5.74, 6) is -0.642. The second-order valence-electron chi connectivity index (χ2n) is 5.18. The number of benzene rings is 1. The highest BCUT2D eigenvalue weighted by molar-refractivity contribution is 7.88. The molecule has 0 atom stereocenters. The van der Waals surface area contributed by atoms with Gasteiger partial charge in [-0.05, 0) is 30.5 Å². The fourth-order valence-corrected chi connectivity index (χ4v) is 2.66. The summed E-state index contributed by atoms with van der Waals surface area (Å²) in [5, 5.41) is 2.70. The molecule has 0 saturated carbocycles. The topological polar surface area (TPSA) is 66.5 Å². The van der Waals surface area contributed by atoms with Gasteiger partial charge in [0.2, 0.25) is 15.9 Å². The standard InChI is InChI=1S/C15H23FN2O3S/c1-3-4-10-17-15(19)12-18(22(2,20)21)11-9-13-5-7-14(16)8-6-13/h5-8H,3-4,9-12H2,1-2H3,(H,17,19). The Morgan fingerprint density at radius 1 is 1.27 bits per heavy atom. The molecule has 0 bridgehead atoms. The van der Waals surface area contributed by atoms with Crippen LogP contribution in [-0.2, 0) is 21.2 Å². The lowest BCUT2D eigenvalue weighted by Gasteiger charge is -2.19. The maximum atomic E-state index is 12.8. The summed E-state index contributed by atoms with van der Waals surface area (Å²) >= 11 is 0. The first kappa shape index (κ1) is 18.6. The number of carbonyl (C=O) groups excluding carboxylic acids is 1. The molecule has 1 aromatic rings. The maximum Gasteiger partial charge on any atom is 0.235 e. The molecular weight excluding hydrogens is 307 g/mol. The molecule has 7 heteroatoms. The van der Waals surface area contributed by atoms with Gasteiger partial charge in [-0.25, -0.2) is 12.8 Å². The lowest BCUT2D eigenvalue weighted by atomic mass is 10.1. The smallest absolute Gasteiger partial charge is 0.235 e. The average Bonchev–Trinajstić information content (AvgIpc) is 2.44. The van der Waals surface area contributed by atoms with Crippen molar-refractivity contribution in [3.8, 4) is 0 Å². The van der Waals surface area contributed by atoms with Crippen molar-refractivity contribution < 1.29 is 17.6 Å². The van der Waals surface area contributed by atoms with E-state index in [1.54, 1.807) is 12.1 Å². The second-order valence-corrected chi connectivity index (χ2v) is 7.16. The SMILES string of the molecule is CCCCNC(=O)CN(CCc1ccc(F)cc1)S(C)(=O)=O. The number of carbonyl (C=O) groups is 1. The fourth-order valence-electron chi connectivity index (χ4n) is 1.89. The summed E-state index contributed by atoms with van der Waals surface area (Å²) in [7, 11) is -3.47. The van der Waals surface area contributed by atoms with Crippen LogP contribution < -0.4 is 5.32 Å². The molecule has 1 amide bonds. The van der Waals surface area contributed by atoms with Gasteiger partial charge in [0, 0.05) is 13.1 Å². The molecular formula is C15H23FN2O3S. The largest absolute Gasteiger partial charge is 0.355 e. The highest BCUT2D eigenvalue weighted by Crippen LogP contribution is 2.06. The third-order valence-electron chi connectivity index (χ3n) is 3.20. The van der Waals surface area contributed by atoms with Gasteiger partial charge in [-0.2, -0.15) is 4.31 Å². The van der Waals surface area contributed by atoms with Crippen molar-refractivity contribution in [3.63, 3.8) is 0 Å². The number of amides is 1. The molecule has 1 aromatic carbocycles. The zero-order valence-electron chi connectivity index (χ0n) is 13.0. The van der Waals surface area contributed by atoms with Gasteiger partial charge in [-0.1, -0.05) is 25.5 Å². The van der Waals surface area contributed by atoms with E-state index >= 15 is 0 Å². The van der Waals surface area contributed by atoms with E-state index in [0.717, 1.165) is 29.0 Å². The predicted molar refractivity (Wildman–Crippen MR) is 84.4 cm³/mol. The number of nitrogens with zero attached hydrogens (tertiary/aromatic N) is 1. The first-order valence-electron chi connectivity index (χ1n) is 7.29. The van der Waals surface area contributed by atoms with E-state index in [9.17, 15) is 17.6 Å². The van der Waals surface area contributed by atoms with Crippen LogP contribution in [0.25, 0.3) is 0 Å². The Kier molecular flexibility index (Phi) is 7.47. The van der Waals surface area contributed by atoms with Gasteiger partial charge in [-0.3, -0.25) is 4.79 Å². The number of nitrogens with one attached hydrogen (secondary N) is 1. The quantitative estimate of drug-likeness (QED) is 0.699. The van der Waals surface area contributed by atoms with E-state index in [4.69, 9.17) is 0 Å². The number of rotatable bonds is 9. The molecule has 1 N–H and O–H groups in total. The summed E-state index contributed by atoms with van der Waals surface area (Å²) < 4.78 is 37.5. The highest BCUT2D eigenvalue weighted by Gasteiger charge is 2.19. The van der Waals surface area contributed by atoms with Crippen molar-refractivity contribution in [1.29, 1.82) is 0 Å². The van der Waals surface area contributed by atoms with Crippen LogP contribution in [0.15, 0.2) is 24.3 Å². The predicted octanol–water partition coefficient (Wildman–Crippen LogP) is 1.55. The number of hydrogen-bond donors (Lipinski definition) is 1. The van der Waals surface area contributed by atoms with Crippen LogP contribution in [0, 0.1) is 5.82 Å². The lowest BCUT2D eigenvalue weighted by Crippen LogP contribution is -2.41. The zero-order valence-corrected chi connectivity index (χ0v) is 13.8. The van der Waals surface area contributed by atoms with Crippen LogP contribution in [-0.4, -0.2) is 44.5 Å². The van der Waals surface area contributed by atoms with Crippen LogP contribution in [0.5, 0.6) is 0 Å². The molecule has 124 valence electrons. The van der Waals surface area contributed by atoms with E-state index < -0.39 is 10.0 Å². The van der Waals surface area contributed by atoms with E-state index in [2.05, 4.69) is 5.32 Å². The van der Waals surface area contributed by atoms with Gasteiger partial charge in [0.25, 0.3) is 0 Å². The molecule has 0 unspecified atom stereocenters. The van der Waals surface area contributed by atoms with Crippen molar-refractivity contribution in [1.82, 2.24) is 9.62 Å². The Morgan fingerprint density at radius 2 is 1.91 bits per heavy atom. The Morgan fingerprint density at radius 3 is 2.45 bits per heavy atom. The van der Waals surface area contributed by atoms with Gasteiger partial charge in [0.1, 0.15) is 5.82 Å². The fraction of sp³-hybridized carbons (Fsp3) is 0.533. The molecule has 0 radical (unpaired) electrons. The monoisotopic (exact) mass is 330 g/mol. The molecule has 0 saturated heterocycles. The summed E-state index contributed by atoms with van der Waals surface area (Å²) in [6, 6.07) is 5.88. The lowest BCUT2D eigenvalue weighted by molar-refractivity contribution is -0.121. The van der Waals surface area contributed by atoms with Crippen LogP contribution in [0.2, 0.25) is 0 Å². The minimum absolute atomic E-state index is 0.186. The van der Waals surface area contributed by atoms with Gasteiger partial charge in [0.05, 0.1) is 12.8 Å². The molecule has 0 aliphatic carbocycles. The third-order valence-corrected chi connectivity index (χ3v) is 4.45. The number of halogens is 1. The minimum atomic E-state index is -3.47. The molecule has 1 rings (SSSR count). The molecule has 22 heavy (non-hydrogen) atoms. The van der Waals surface area contributed by atoms with Gasteiger partial charge in [-0.15, -0.1) is 0 Å². The van der Waals surface area contributed by atoms with Crippen LogP contribution in [0.3, 0.4) is 0 Å². The van der Waals surface area contributed by atoms with E-state index in [0.29, 0.717) is 13.0 Å². The van der Waals surface area contributed by atoms with Gasteiger partial charge >= 0.3 is 0 Å². The van der Waals surface area contributed by atoms with Crippen molar-refractivity contribution in [2.45, 2.75) is 26.2 Å². The van der Waals surface area contributed by atoms with Crippen LogP contribution >= 0.6 is 0 Å². The number of hydrogen-bond acceptors (Lipinski definition) is 3. The molecule has 0 fully saturated rings. The van der Waals surface area contributed by atoms with Crippen molar-refractivity contribution in [2.75, 3.05) is 25.9 Å². The first-order chi connectivity index (χ1) is 10.3. The molecule has 0 heterocycles. The van der Waals surface area contributed by atoms with E-state index in [1.807, 2.05) is 6.92 Å². The number of unbranched alkanes of at least 4 members (excludes halogenated alkanes) is 1. The maximum absolute atomic E-state index is 12.8. The molecule has 0 spiro atoms. The Labute approximate surface area is 131 Å². The van der Waals surface area contributed by atoms with Gasteiger partial charge in [0.15, 0.2) is 0 Å². The van der Waals surface area contributed by atoms with Crippen molar-refractivity contribution >= 4 is 15.9 Å². The normalized spacial score (nSPS) is 11.6. The summed E-state index contributed by atoms with van der Waals surface area (Å²) in [6.45, 7) is 2.55. The third kappa shape index (κ3) is 7.00. The average molecular weight is 330 g/mol. The van der Waals surface area contributed by atoms with Crippen molar-refractivity contribution in [3.05, 3.63) is 35.6 Å². The van der Waals surface area contributed by atoms with Gasteiger partial charge < -0.3 is 5.32 Å². The highest BCUT2D eigenvalue weighted by atomic mass is 32.2. The van der Waals surface area contributed by atoms with Crippen molar-refractivity contribution in [2.24, 2.45) is 0 Å². The summed E-state index contributed by atoms with van der Waals surface area (Å²) in [6.07, 6.45) is 3.33. The first-order valence-corrected chi connectivity index (χ1v) is 9.14. The van der Waals surface area contributed by atoms with Crippen LogP contribution in [0.1, 0.15) is 25.3 Å². The zero-order chi connectivity index (χ0) is 16.6. The van der Waals surface area contributed by atoms with E-state index in [1.165, 1.54) is 12.1 Å². The van der Waals surface area contributed by atoms with E-state index in [-0.39, 0.29) is 24.8 Å². The summed E-state index contributed by atoms with van der Waals surface area (Å²) in [5.41, 5.74) is 0.821. The minimum Gasteiger partial charge on any atom is -0.355 e. The molecule has 0 aliphatic heterocycles. The molecule has 5 nitrogen and oxygen atoms in total. The number of sulfonamides is 1. The summed E-state index contributed by atoms with van der Waals surface area (Å²) in [4.78, 5) is 11.8. The Bertz CT molecular complexity index is 573. The Balaban J connectivity index is 2.58. The second kappa shape index (κ2) is 8.85.